The quantitative estimate of drug-likeness (QED) is 0.632. The Bertz CT molecular complexity index is 1150. The molecule has 1 amide bonds. The van der Waals surface area contributed by atoms with Crippen LogP contribution in [0.2, 0.25) is 0 Å². The molecule has 0 saturated carbocycles. The fraction of sp³-hybridized carbons (Fsp3) is 0.409. The second kappa shape index (κ2) is 6.71. The lowest BCUT2D eigenvalue weighted by Crippen LogP contribution is -2.51. The highest BCUT2D eigenvalue weighted by Gasteiger charge is 2.58. The summed E-state index contributed by atoms with van der Waals surface area (Å²) in [6.07, 6.45) is 7.37. The van der Waals surface area contributed by atoms with Crippen molar-refractivity contribution in [1.82, 2.24) is 19.3 Å². The molecule has 2 atom stereocenters. The van der Waals surface area contributed by atoms with Crippen molar-refractivity contribution in [3.8, 4) is 0 Å². The number of fused-ring (bicyclic) bond motifs is 2. The largest absolute Gasteiger partial charge is 0.342 e. The molecule has 3 fully saturated rings. The van der Waals surface area contributed by atoms with Gasteiger partial charge in [-0.1, -0.05) is 0 Å². The second-order valence-electron chi connectivity index (χ2n) is 8.46. The average molecular weight is 425 g/mol. The van der Waals surface area contributed by atoms with Crippen molar-refractivity contribution < 1.29 is 18.3 Å². The molecular weight excluding hydrogens is 404 g/mol. The highest BCUT2D eigenvalue weighted by molar-refractivity contribution is 5.88. The highest BCUT2D eigenvalue weighted by Crippen LogP contribution is 2.48. The Balaban J connectivity index is 1.24. The molecular formula is C22H21F2N5O2. The van der Waals surface area contributed by atoms with Gasteiger partial charge in [0.2, 0.25) is 5.95 Å². The lowest BCUT2D eigenvalue weighted by atomic mass is 9.89. The SMILES string of the molecule is O=C1N2[C@@H](CC[C@H]2c2cc(F)cc(F)c2)OC12CCN(c1nccc3nccn13)CC2. The van der Waals surface area contributed by atoms with Gasteiger partial charge in [-0.25, -0.2) is 18.7 Å². The minimum atomic E-state index is -0.880. The van der Waals surface area contributed by atoms with Gasteiger partial charge >= 0.3 is 0 Å². The molecule has 0 radical (unpaired) electrons. The smallest absolute Gasteiger partial charge is 0.257 e. The first-order valence-electron chi connectivity index (χ1n) is 10.5. The molecule has 7 nitrogen and oxygen atoms in total. The molecule has 3 aliphatic rings. The summed E-state index contributed by atoms with van der Waals surface area (Å²) in [6, 6.07) is 4.97. The molecule has 0 bridgehead atoms. The fourth-order valence-corrected chi connectivity index (χ4v) is 5.28. The first-order valence-corrected chi connectivity index (χ1v) is 10.5. The second-order valence-corrected chi connectivity index (χ2v) is 8.46. The van der Waals surface area contributed by atoms with Gasteiger partial charge in [0.1, 0.15) is 23.5 Å². The van der Waals surface area contributed by atoms with Crippen LogP contribution in [0.3, 0.4) is 0 Å². The van der Waals surface area contributed by atoms with Crippen molar-refractivity contribution in [1.29, 1.82) is 0 Å². The number of nitrogens with zero attached hydrogens (tertiary/aromatic N) is 5. The summed E-state index contributed by atoms with van der Waals surface area (Å²) in [4.78, 5) is 26.1. The van der Waals surface area contributed by atoms with Gasteiger partial charge in [0, 0.05) is 50.6 Å². The zero-order valence-electron chi connectivity index (χ0n) is 16.7. The number of rotatable bonds is 2. The molecule has 160 valence electrons. The van der Waals surface area contributed by atoms with Crippen molar-refractivity contribution in [3.05, 3.63) is 60.1 Å². The Labute approximate surface area is 177 Å². The molecule has 0 N–H and O–H groups in total. The lowest BCUT2D eigenvalue weighted by Gasteiger charge is -2.38. The normalized spacial score (nSPS) is 25.0. The van der Waals surface area contributed by atoms with Gasteiger partial charge in [-0.2, -0.15) is 0 Å². The molecule has 2 aromatic heterocycles. The number of ether oxygens (including phenoxy) is 1. The van der Waals surface area contributed by atoms with Crippen molar-refractivity contribution in [2.45, 2.75) is 43.6 Å². The van der Waals surface area contributed by atoms with E-state index >= 15 is 0 Å². The van der Waals surface area contributed by atoms with Crippen LogP contribution in [0, 0.1) is 11.6 Å². The number of halogens is 2. The Morgan fingerprint density at radius 2 is 1.81 bits per heavy atom. The van der Waals surface area contributed by atoms with E-state index in [1.165, 1.54) is 12.1 Å². The Hall–Kier alpha value is -3.07. The highest BCUT2D eigenvalue weighted by atomic mass is 19.1. The van der Waals surface area contributed by atoms with Crippen LogP contribution in [0.5, 0.6) is 0 Å². The summed E-state index contributed by atoms with van der Waals surface area (Å²) in [5, 5.41) is 0. The summed E-state index contributed by atoms with van der Waals surface area (Å²) in [6.45, 7) is 1.24. The van der Waals surface area contributed by atoms with E-state index in [4.69, 9.17) is 4.74 Å². The molecule has 3 saturated heterocycles. The monoisotopic (exact) mass is 425 g/mol. The van der Waals surface area contributed by atoms with E-state index in [0.29, 0.717) is 44.3 Å². The van der Waals surface area contributed by atoms with Crippen LogP contribution in [-0.4, -0.2) is 50.1 Å². The Morgan fingerprint density at radius 3 is 2.58 bits per heavy atom. The van der Waals surface area contributed by atoms with E-state index in [1.54, 1.807) is 17.3 Å². The topological polar surface area (TPSA) is 63.0 Å². The van der Waals surface area contributed by atoms with Crippen LogP contribution in [-0.2, 0) is 9.53 Å². The van der Waals surface area contributed by atoms with E-state index in [-0.39, 0.29) is 18.2 Å². The number of imidazole rings is 1. The third kappa shape index (κ3) is 2.83. The molecule has 5 heterocycles. The molecule has 31 heavy (non-hydrogen) atoms. The third-order valence-electron chi connectivity index (χ3n) is 6.74. The van der Waals surface area contributed by atoms with Gasteiger partial charge in [-0.15, -0.1) is 0 Å². The first kappa shape index (κ1) is 18.7. The van der Waals surface area contributed by atoms with Crippen LogP contribution in [0.25, 0.3) is 5.65 Å². The van der Waals surface area contributed by atoms with Crippen LogP contribution in [0.4, 0.5) is 14.7 Å². The van der Waals surface area contributed by atoms with Crippen molar-refractivity contribution >= 4 is 17.5 Å². The number of carbonyl (C=O) groups is 1. The molecule has 0 aliphatic carbocycles. The molecule has 1 aromatic carbocycles. The number of carbonyl (C=O) groups excluding carboxylic acids is 1. The average Bonchev–Trinajstić information content (AvgIpc) is 3.45. The van der Waals surface area contributed by atoms with E-state index in [9.17, 15) is 13.6 Å². The van der Waals surface area contributed by atoms with Gasteiger partial charge in [0.25, 0.3) is 5.91 Å². The Morgan fingerprint density at radius 1 is 1.03 bits per heavy atom. The number of benzene rings is 1. The van der Waals surface area contributed by atoms with Crippen molar-refractivity contribution in [3.63, 3.8) is 0 Å². The standard InChI is InChI=1S/C22H21F2N5O2/c23-15-11-14(12-16(24)13-15)17-1-2-19-29(17)20(30)22(31-19)4-8-27(9-5-22)21-26-6-3-18-25-7-10-28(18)21/h3,6-7,10-13,17,19H,1-2,4-5,8-9H2/t17-,19+/m0/s1. The predicted octanol–water partition coefficient (Wildman–Crippen LogP) is 3.07. The van der Waals surface area contributed by atoms with Gasteiger partial charge in [0.05, 0.1) is 6.04 Å². The van der Waals surface area contributed by atoms with E-state index in [2.05, 4.69) is 14.9 Å². The van der Waals surface area contributed by atoms with Crippen molar-refractivity contribution in [2.75, 3.05) is 18.0 Å². The number of anilines is 1. The van der Waals surface area contributed by atoms with E-state index in [0.717, 1.165) is 17.7 Å². The Kier molecular flexibility index (Phi) is 4.05. The maximum Gasteiger partial charge on any atom is 0.257 e. The molecule has 9 heteroatoms. The minimum Gasteiger partial charge on any atom is -0.342 e. The zero-order valence-corrected chi connectivity index (χ0v) is 16.7. The summed E-state index contributed by atoms with van der Waals surface area (Å²) in [5.41, 5.74) is 0.431. The predicted molar refractivity (Wildman–Crippen MR) is 107 cm³/mol. The van der Waals surface area contributed by atoms with E-state index in [1.807, 2.05) is 16.7 Å². The molecule has 3 aromatic rings. The summed E-state index contributed by atoms with van der Waals surface area (Å²) < 4.78 is 35.8. The van der Waals surface area contributed by atoms with Gasteiger partial charge in [-0.3, -0.25) is 9.20 Å². The first-order chi connectivity index (χ1) is 15.0. The summed E-state index contributed by atoms with van der Waals surface area (Å²) >= 11 is 0. The maximum absolute atomic E-state index is 13.8. The molecule has 1 spiro atoms. The van der Waals surface area contributed by atoms with Crippen molar-refractivity contribution in [2.24, 2.45) is 0 Å². The lowest BCUT2D eigenvalue weighted by molar-refractivity contribution is -0.140. The molecule has 6 rings (SSSR count). The van der Waals surface area contributed by atoms with Gasteiger partial charge in [-0.05, 0) is 36.6 Å². The number of aromatic nitrogens is 3. The fourth-order valence-electron chi connectivity index (χ4n) is 5.28. The van der Waals surface area contributed by atoms with Crippen LogP contribution < -0.4 is 4.90 Å². The third-order valence-corrected chi connectivity index (χ3v) is 6.74. The van der Waals surface area contributed by atoms with Crippen LogP contribution >= 0.6 is 0 Å². The van der Waals surface area contributed by atoms with Gasteiger partial charge < -0.3 is 14.5 Å². The summed E-state index contributed by atoms with van der Waals surface area (Å²) in [7, 11) is 0. The molecule has 3 aliphatic heterocycles. The zero-order chi connectivity index (χ0) is 21.2. The molecule has 0 unspecified atom stereocenters. The number of hydrogen-bond acceptors (Lipinski definition) is 5. The number of piperidine rings is 1. The number of amides is 1. The number of hydrogen-bond donors (Lipinski definition) is 0. The van der Waals surface area contributed by atoms with Gasteiger partial charge in [0.15, 0.2) is 5.60 Å². The van der Waals surface area contributed by atoms with Crippen LogP contribution in [0.15, 0.2) is 42.9 Å². The minimum absolute atomic E-state index is 0.0712. The van der Waals surface area contributed by atoms with Crippen LogP contribution in [0.1, 0.15) is 37.3 Å². The summed E-state index contributed by atoms with van der Waals surface area (Å²) in [5.74, 6) is -0.535. The van der Waals surface area contributed by atoms with E-state index < -0.39 is 17.2 Å². The maximum atomic E-state index is 13.8.